The predicted molar refractivity (Wildman–Crippen MR) is 85.3 cm³/mol. The molecule has 1 aromatic carbocycles. The molecule has 0 aliphatic heterocycles. The summed E-state index contributed by atoms with van der Waals surface area (Å²) >= 11 is 0. The standard InChI is InChI=1S/C16H25FO2S/c1-6-20(5,16(2,3)4)19-11-10-13-8-7-9-14(12-18)15(13)17/h7-9,12H,6,10-11H2,1-5H3. The molecule has 0 aliphatic carbocycles. The second kappa shape index (κ2) is 6.72. The molecule has 1 aromatic rings. The Morgan fingerprint density at radius 1 is 1.35 bits per heavy atom. The van der Waals surface area contributed by atoms with Gasteiger partial charge >= 0.3 is 0 Å². The molecule has 1 atom stereocenters. The van der Waals surface area contributed by atoms with Gasteiger partial charge in [0.15, 0.2) is 6.29 Å². The maximum Gasteiger partial charge on any atom is 0.153 e. The van der Waals surface area contributed by atoms with Crippen LogP contribution >= 0.6 is 10.3 Å². The zero-order valence-corrected chi connectivity index (χ0v) is 13.8. The largest absolute Gasteiger partial charge is 0.336 e. The number of carbonyl (C=O) groups is 1. The molecule has 0 saturated heterocycles. The fourth-order valence-electron chi connectivity index (χ4n) is 1.91. The molecular formula is C16H25FO2S. The molecule has 2 nitrogen and oxygen atoms in total. The first-order valence-electron chi connectivity index (χ1n) is 6.87. The lowest BCUT2D eigenvalue weighted by molar-refractivity contribution is 0.111. The van der Waals surface area contributed by atoms with E-state index < -0.39 is 16.1 Å². The summed E-state index contributed by atoms with van der Waals surface area (Å²) in [5.41, 5.74) is 0.658. The van der Waals surface area contributed by atoms with Gasteiger partial charge in [0.1, 0.15) is 5.82 Å². The van der Waals surface area contributed by atoms with Crippen molar-refractivity contribution in [1.82, 2.24) is 0 Å². The van der Waals surface area contributed by atoms with Crippen LogP contribution in [-0.4, -0.2) is 29.6 Å². The smallest absolute Gasteiger partial charge is 0.153 e. The average molecular weight is 300 g/mol. The van der Waals surface area contributed by atoms with Crippen LogP contribution < -0.4 is 0 Å². The highest BCUT2D eigenvalue weighted by Gasteiger charge is 2.31. The van der Waals surface area contributed by atoms with Crippen molar-refractivity contribution in [1.29, 1.82) is 0 Å². The van der Waals surface area contributed by atoms with Gasteiger partial charge in [-0.2, -0.15) is 0 Å². The second-order valence-electron chi connectivity index (χ2n) is 5.92. The van der Waals surface area contributed by atoms with Gasteiger partial charge in [-0.05, 0) is 30.1 Å². The highest BCUT2D eigenvalue weighted by molar-refractivity contribution is 8.30. The fraction of sp³-hybridized carbons (Fsp3) is 0.562. The highest BCUT2D eigenvalue weighted by atomic mass is 32.3. The minimum atomic E-state index is -1.18. The number of benzene rings is 1. The molecule has 0 aromatic heterocycles. The number of hydrogen-bond acceptors (Lipinski definition) is 2. The normalized spacial score (nSPS) is 16.5. The quantitative estimate of drug-likeness (QED) is 0.729. The predicted octanol–water partition coefficient (Wildman–Crippen LogP) is 4.37. The van der Waals surface area contributed by atoms with Crippen LogP contribution in [-0.2, 0) is 10.6 Å². The second-order valence-corrected chi connectivity index (χ2v) is 9.96. The summed E-state index contributed by atoms with van der Waals surface area (Å²) in [5, 5.41) is 0. The Balaban J connectivity index is 2.72. The zero-order valence-electron chi connectivity index (χ0n) is 13.0. The minimum absolute atomic E-state index is 0.102. The summed E-state index contributed by atoms with van der Waals surface area (Å²) in [6, 6.07) is 4.91. The molecule has 0 radical (unpaired) electrons. The lowest BCUT2D eigenvalue weighted by Crippen LogP contribution is -2.28. The molecule has 0 heterocycles. The third kappa shape index (κ3) is 3.83. The zero-order chi connectivity index (χ0) is 15.4. The Morgan fingerprint density at radius 3 is 2.50 bits per heavy atom. The molecule has 4 heteroatoms. The summed E-state index contributed by atoms with van der Waals surface area (Å²) in [6.45, 7) is 9.16. The van der Waals surface area contributed by atoms with Gasteiger partial charge in [0, 0.05) is 4.75 Å². The van der Waals surface area contributed by atoms with Gasteiger partial charge in [-0.3, -0.25) is 4.79 Å². The van der Waals surface area contributed by atoms with E-state index in [1.165, 1.54) is 6.07 Å². The van der Waals surface area contributed by atoms with E-state index in [1.807, 2.05) is 0 Å². The highest BCUT2D eigenvalue weighted by Crippen LogP contribution is 2.56. The number of aldehydes is 1. The van der Waals surface area contributed by atoms with Crippen LogP contribution in [0.25, 0.3) is 0 Å². The van der Waals surface area contributed by atoms with Gasteiger partial charge in [-0.1, -0.05) is 39.8 Å². The van der Waals surface area contributed by atoms with Crippen molar-refractivity contribution in [2.75, 3.05) is 18.6 Å². The molecule has 0 saturated carbocycles. The van der Waals surface area contributed by atoms with E-state index in [4.69, 9.17) is 4.18 Å². The summed E-state index contributed by atoms with van der Waals surface area (Å²) < 4.78 is 20.1. The van der Waals surface area contributed by atoms with Crippen molar-refractivity contribution in [2.24, 2.45) is 0 Å². The molecule has 1 rings (SSSR count). The van der Waals surface area contributed by atoms with Gasteiger partial charge in [0.2, 0.25) is 0 Å². The number of rotatable bonds is 6. The molecule has 0 aliphatic rings. The van der Waals surface area contributed by atoms with Crippen LogP contribution in [0.5, 0.6) is 0 Å². The van der Waals surface area contributed by atoms with E-state index in [0.717, 1.165) is 5.75 Å². The van der Waals surface area contributed by atoms with Gasteiger partial charge in [-0.15, -0.1) is 10.3 Å². The Bertz CT molecular complexity index is 468. The Morgan fingerprint density at radius 2 is 2.00 bits per heavy atom. The lowest BCUT2D eigenvalue weighted by Gasteiger charge is -2.46. The van der Waals surface area contributed by atoms with Crippen molar-refractivity contribution in [2.45, 2.75) is 38.9 Å². The van der Waals surface area contributed by atoms with E-state index >= 15 is 0 Å². The third-order valence-corrected chi connectivity index (χ3v) is 8.18. The molecule has 0 fully saturated rings. The fourth-order valence-corrected chi connectivity index (χ4v) is 3.75. The molecule has 114 valence electrons. The monoisotopic (exact) mass is 300 g/mol. The summed E-state index contributed by atoms with van der Waals surface area (Å²) in [7, 11) is -1.18. The Kier molecular flexibility index (Phi) is 5.78. The lowest BCUT2D eigenvalue weighted by atomic mass is 10.1. The minimum Gasteiger partial charge on any atom is -0.336 e. The van der Waals surface area contributed by atoms with Crippen molar-refractivity contribution < 1.29 is 13.4 Å². The van der Waals surface area contributed by atoms with E-state index in [0.29, 0.717) is 24.9 Å². The summed E-state index contributed by atoms with van der Waals surface area (Å²) in [4.78, 5) is 10.7. The Hall–Kier alpha value is -0.870. The topological polar surface area (TPSA) is 26.3 Å². The van der Waals surface area contributed by atoms with Gasteiger partial charge in [0.05, 0.1) is 12.2 Å². The van der Waals surface area contributed by atoms with Crippen LogP contribution in [0, 0.1) is 5.82 Å². The van der Waals surface area contributed by atoms with E-state index in [2.05, 4.69) is 34.0 Å². The molecule has 0 bridgehead atoms. The first-order chi connectivity index (χ1) is 9.25. The van der Waals surface area contributed by atoms with E-state index in [-0.39, 0.29) is 10.3 Å². The molecular weight excluding hydrogens is 275 g/mol. The first-order valence-corrected chi connectivity index (χ1v) is 9.01. The Labute approximate surface area is 123 Å². The summed E-state index contributed by atoms with van der Waals surface area (Å²) in [5.74, 6) is 0.558. The van der Waals surface area contributed by atoms with E-state index in [9.17, 15) is 9.18 Å². The van der Waals surface area contributed by atoms with Crippen LogP contribution in [0.4, 0.5) is 4.39 Å². The number of carbonyl (C=O) groups excluding carboxylic acids is 1. The third-order valence-electron chi connectivity index (χ3n) is 3.80. The number of halogens is 1. The van der Waals surface area contributed by atoms with Gasteiger partial charge < -0.3 is 4.18 Å². The van der Waals surface area contributed by atoms with Crippen LogP contribution in [0.1, 0.15) is 43.6 Å². The van der Waals surface area contributed by atoms with Crippen molar-refractivity contribution >= 4 is 16.6 Å². The van der Waals surface area contributed by atoms with E-state index in [1.54, 1.807) is 12.1 Å². The van der Waals surface area contributed by atoms with Gasteiger partial charge in [0.25, 0.3) is 0 Å². The summed E-state index contributed by atoms with van der Waals surface area (Å²) in [6.07, 6.45) is 3.22. The average Bonchev–Trinajstić information content (AvgIpc) is 2.39. The van der Waals surface area contributed by atoms with Gasteiger partial charge in [-0.25, -0.2) is 4.39 Å². The molecule has 0 N–H and O–H groups in total. The molecule has 1 unspecified atom stereocenters. The van der Waals surface area contributed by atoms with Crippen LogP contribution in [0.3, 0.4) is 0 Å². The SMILES string of the molecule is CCS(C)(OCCc1cccc(C=O)c1F)C(C)(C)C. The van der Waals surface area contributed by atoms with Crippen LogP contribution in [0.15, 0.2) is 18.2 Å². The van der Waals surface area contributed by atoms with Crippen molar-refractivity contribution in [3.05, 3.63) is 35.1 Å². The van der Waals surface area contributed by atoms with Crippen molar-refractivity contribution in [3.63, 3.8) is 0 Å². The first kappa shape index (κ1) is 17.2. The molecule has 0 spiro atoms. The molecule has 0 amide bonds. The maximum atomic E-state index is 13.9. The maximum absolute atomic E-state index is 13.9. The van der Waals surface area contributed by atoms with Crippen LogP contribution in [0.2, 0.25) is 0 Å². The molecule has 20 heavy (non-hydrogen) atoms. The number of hydrogen-bond donors (Lipinski definition) is 0. The van der Waals surface area contributed by atoms with Crippen molar-refractivity contribution in [3.8, 4) is 0 Å².